The van der Waals surface area contributed by atoms with Gasteiger partial charge in [-0.15, -0.1) is 0 Å². The number of carbonyl (C=O) groups is 2. The quantitative estimate of drug-likeness (QED) is 0.406. The summed E-state index contributed by atoms with van der Waals surface area (Å²) >= 11 is 3.18. The summed E-state index contributed by atoms with van der Waals surface area (Å²) < 4.78 is 33.8. The number of nitrogens with one attached hydrogen (secondary N) is 2. The molecule has 0 bridgehead atoms. The Hall–Kier alpha value is -3.80. The van der Waals surface area contributed by atoms with Crippen LogP contribution in [0.25, 0.3) is 5.69 Å². The summed E-state index contributed by atoms with van der Waals surface area (Å²) in [5.74, 6) is -2.78. The van der Waals surface area contributed by atoms with E-state index in [-0.39, 0.29) is 40.6 Å². The van der Waals surface area contributed by atoms with Crippen LogP contribution in [0, 0.1) is 18.6 Å². The molecule has 0 spiro atoms. The number of nitrogens with zero attached hydrogens (tertiary/aromatic N) is 2. The van der Waals surface area contributed by atoms with Gasteiger partial charge in [-0.1, -0.05) is 6.07 Å². The summed E-state index contributed by atoms with van der Waals surface area (Å²) in [5.41, 5.74) is 5.77. The number of amides is 2. The zero-order valence-corrected chi connectivity index (χ0v) is 19.7. The Balaban J connectivity index is 1.99. The van der Waals surface area contributed by atoms with Crippen LogP contribution in [0.1, 0.15) is 21.5 Å². The summed E-state index contributed by atoms with van der Waals surface area (Å²) in [5, 5.41) is 5.19. The van der Waals surface area contributed by atoms with Gasteiger partial charge in [0, 0.05) is 24.2 Å². The highest BCUT2D eigenvalue weighted by atomic mass is 79.9. The normalized spacial score (nSPS) is 10.6. The minimum atomic E-state index is -0.791. The average Bonchev–Trinajstić information content (AvgIpc) is 2.79. The number of hydrogen-bond donors (Lipinski definition) is 3. The maximum Gasteiger partial charge on any atom is 0.277 e. The number of carbonyl (C=O) groups excluding carboxylic acids is 2. The predicted octanol–water partition coefficient (Wildman–Crippen LogP) is 2.42. The molecule has 0 aliphatic heterocycles. The van der Waals surface area contributed by atoms with Crippen molar-refractivity contribution in [2.24, 2.45) is 5.73 Å². The molecular weight excluding hydrogens is 516 g/mol. The van der Waals surface area contributed by atoms with Crippen LogP contribution in [0.2, 0.25) is 0 Å². The molecule has 34 heavy (non-hydrogen) atoms. The lowest BCUT2D eigenvalue weighted by molar-refractivity contribution is -0.117. The predicted molar refractivity (Wildman–Crippen MR) is 124 cm³/mol. The number of aromatic nitrogens is 2. The van der Waals surface area contributed by atoms with Crippen molar-refractivity contribution < 1.29 is 23.1 Å². The Morgan fingerprint density at radius 3 is 2.59 bits per heavy atom. The highest BCUT2D eigenvalue weighted by molar-refractivity contribution is 9.10. The van der Waals surface area contributed by atoms with E-state index in [1.165, 1.54) is 29.8 Å². The third kappa shape index (κ3) is 5.39. The van der Waals surface area contributed by atoms with Gasteiger partial charge in [-0.25, -0.2) is 13.3 Å². The fraction of sp³-hybridized carbons (Fsp3) is 0.182. The van der Waals surface area contributed by atoms with Crippen LogP contribution in [0.3, 0.4) is 0 Å². The first-order valence-electron chi connectivity index (χ1n) is 9.87. The topological polar surface area (TPSA) is 128 Å². The molecule has 2 aromatic carbocycles. The Morgan fingerprint density at radius 2 is 1.94 bits per heavy atom. The molecular formula is C22H20BrF2N5O4. The molecule has 1 heterocycles. The van der Waals surface area contributed by atoms with Gasteiger partial charge in [0.05, 0.1) is 12.2 Å². The number of rotatable bonds is 8. The number of hydrogen-bond acceptors (Lipinski definition) is 6. The molecule has 12 heteroatoms. The third-order valence-electron chi connectivity index (χ3n) is 4.74. The van der Waals surface area contributed by atoms with Crippen molar-refractivity contribution in [2.75, 3.05) is 18.9 Å². The second kappa shape index (κ2) is 10.4. The fourth-order valence-corrected chi connectivity index (χ4v) is 3.39. The third-order valence-corrected chi connectivity index (χ3v) is 5.41. The van der Waals surface area contributed by atoms with Crippen molar-refractivity contribution in [3.8, 4) is 11.6 Å². The first-order chi connectivity index (χ1) is 16.1. The summed E-state index contributed by atoms with van der Waals surface area (Å²) in [6.07, 6.45) is 0. The minimum absolute atomic E-state index is 0.0444. The maximum absolute atomic E-state index is 13.9. The smallest absolute Gasteiger partial charge is 0.277 e. The molecule has 0 radical (unpaired) electrons. The fourth-order valence-electron chi connectivity index (χ4n) is 3.01. The van der Waals surface area contributed by atoms with E-state index in [4.69, 9.17) is 10.5 Å². The van der Waals surface area contributed by atoms with Crippen molar-refractivity contribution in [2.45, 2.75) is 13.5 Å². The lowest BCUT2D eigenvalue weighted by Gasteiger charge is -2.17. The monoisotopic (exact) mass is 535 g/mol. The van der Waals surface area contributed by atoms with Gasteiger partial charge in [0.15, 0.2) is 0 Å². The van der Waals surface area contributed by atoms with Crippen molar-refractivity contribution in [3.05, 3.63) is 79.5 Å². The van der Waals surface area contributed by atoms with Gasteiger partial charge in [-0.3, -0.25) is 14.4 Å². The molecule has 0 unspecified atom stereocenters. The minimum Gasteiger partial charge on any atom is -0.472 e. The van der Waals surface area contributed by atoms with E-state index in [0.717, 1.165) is 12.1 Å². The van der Waals surface area contributed by atoms with E-state index < -0.39 is 29.0 Å². The highest BCUT2D eigenvalue weighted by Crippen LogP contribution is 2.26. The van der Waals surface area contributed by atoms with Crippen LogP contribution in [-0.2, 0) is 11.4 Å². The lowest BCUT2D eigenvalue weighted by atomic mass is 10.1. The molecule has 2 amide bonds. The van der Waals surface area contributed by atoms with Gasteiger partial charge in [-0.2, -0.15) is 4.98 Å². The van der Waals surface area contributed by atoms with Crippen LogP contribution >= 0.6 is 15.9 Å². The number of halogens is 3. The van der Waals surface area contributed by atoms with Crippen molar-refractivity contribution in [3.63, 3.8) is 0 Å². The molecule has 4 N–H and O–H groups in total. The molecule has 0 fully saturated rings. The van der Waals surface area contributed by atoms with E-state index in [1.807, 2.05) is 0 Å². The summed E-state index contributed by atoms with van der Waals surface area (Å²) in [6, 6.07) is 7.70. The van der Waals surface area contributed by atoms with E-state index in [2.05, 4.69) is 31.5 Å². The molecule has 3 rings (SSSR count). The second-order valence-electron chi connectivity index (χ2n) is 7.12. The standard InChI is InChI=1S/C22H20BrF2N5O4/c1-11-3-4-12(19(32)28-9-17(26)31)7-16(11)30-21(33)18(23)20(29-22(30)27-2)34-10-13-5-6-14(24)8-15(13)25/h3-8H,9-10H2,1-2H3,(H2,26,31)(H,27,29)(H,28,32). The van der Waals surface area contributed by atoms with Crippen LogP contribution in [-0.4, -0.2) is 35.0 Å². The molecule has 178 valence electrons. The molecule has 1 aromatic heterocycles. The molecule has 0 saturated heterocycles. The zero-order valence-electron chi connectivity index (χ0n) is 18.1. The summed E-state index contributed by atoms with van der Waals surface area (Å²) in [4.78, 5) is 40.8. The molecule has 0 aliphatic rings. The Kier molecular flexibility index (Phi) is 7.61. The van der Waals surface area contributed by atoms with Crippen LogP contribution in [0.4, 0.5) is 14.7 Å². The molecule has 9 nitrogen and oxygen atoms in total. The summed E-state index contributed by atoms with van der Waals surface area (Å²) in [7, 11) is 1.54. The number of benzene rings is 2. The van der Waals surface area contributed by atoms with E-state index in [1.54, 1.807) is 13.0 Å². The van der Waals surface area contributed by atoms with Gasteiger partial charge in [-0.05, 0) is 52.7 Å². The highest BCUT2D eigenvalue weighted by Gasteiger charge is 2.20. The Morgan fingerprint density at radius 1 is 1.21 bits per heavy atom. The van der Waals surface area contributed by atoms with E-state index in [0.29, 0.717) is 11.3 Å². The molecule has 0 atom stereocenters. The van der Waals surface area contributed by atoms with Gasteiger partial charge < -0.3 is 21.1 Å². The van der Waals surface area contributed by atoms with Crippen LogP contribution in [0.5, 0.6) is 5.88 Å². The molecule has 3 aromatic rings. The van der Waals surface area contributed by atoms with Gasteiger partial charge in [0.25, 0.3) is 11.5 Å². The number of anilines is 1. The van der Waals surface area contributed by atoms with Crippen molar-refractivity contribution in [1.29, 1.82) is 0 Å². The number of nitrogens with two attached hydrogens (primary N) is 1. The maximum atomic E-state index is 13.9. The number of ether oxygens (including phenoxy) is 1. The van der Waals surface area contributed by atoms with E-state index >= 15 is 0 Å². The van der Waals surface area contributed by atoms with Crippen LogP contribution < -0.4 is 26.7 Å². The van der Waals surface area contributed by atoms with Crippen molar-refractivity contribution >= 4 is 33.7 Å². The average molecular weight is 536 g/mol. The summed E-state index contributed by atoms with van der Waals surface area (Å²) in [6.45, 7) is 1.11. The van der Waals surface area contributed by atoms with Gasteiger partial charge in [0.1, 0.15) is 22.7 Å². The first-order valence-corrected chi connectivity index (χ1v) is 10.7. The molecule has 0 saturated carbocycles. The van der Waals surface area contributed by atoms with Crippen LogP contribution in [0.15, 0.2) is 45.7 Å². The number of primary amides is 1. The van der Waals surface area contributed by atoms with Gasteiger partial charge in [0.2, 0.25) is 17.7 Å². The Labute approximate surface area is 201 Å². The SMILES string of the molecule is CNc1nc(OCc2ccc(F)cc2F)c(Br)c(=O)n1-c1cc(C(=O)NCC(N)=O)ccc1C. The van der Waals surface area contributed by atoms with Gasteiger partial charge >= 0.3 is 0 Å². The van der Waals surface area contributed by atoms with Crippen molar-refractivity contribution in [1.82, 2.24) is 14.9 Å². The Bertz CT molecular complexity index is 1330. The second-order valence-corrected chi connectivity index (χ2v) is 7.91. The first kappa shape index (κ1) is 24.8. The van der Waals surface area contributed by atoms with E-state index in [9.17, 15) is 23.2 Å². The number of aryl methyl sites for hydroxylation is 1. The largest absolute Gasteiger partial charge is 0.472 e. The molecule has 0 aliphatic carbocycles. The zero-order chi connectivity index (χ0) is 25.0. The lowest BCUT2D eigenvalue weighted by Crippen LogP contribution is -2.33.